The highest BCUT2D eigenvalue weighted by Crippen LogP contribution is 2.39. The maximum absolute atomic E-state index is 13.1. The molecule has 2 aliphatic rings. The number of unbranched alkanes of at least 4 members (excludes halogenated alkanes) is 1. The third-order valence-corrected chi connectivity index (χ3v) is 7.27. The van der Waals surface area contributed by atoms with Gasteiger partial charge in [0.05, 0.1) is 17.6 Å². The minimum Gasteiger partial charge on any atom is -0.493 e. The normalized spacial score (nSPS) is 16.6. The van der Waals surface area contributed by atoms with Gasteiger partial charge in [-0.25, -0.2) is 4.98 Å². The SMILES string of the molecule is Cc1cccc(C)c1OCCCCn1c(C2CC(=O)N(c3ccc4c(c3)OCO4)C2)nc2ccccc21. The van der Waals surface area contributed by atoms with Gasteiger partial charge in [-0.2, -0.15) is 0 Å². The fraction of sp³-hybridized carbons (Fsp3) is 0.333. The van der Waals surface area contributed by atoms with Crippen LogP contribution in [0.15, 0.2) is 60.7 Å². The molecule has 0 N–H and O–H groups in total. The molecular formula is C30H31N3O4. The number of fused-ring (bicyclic) bond motifs is 2. The number of benzene rings is 3. The summed E-state index contributed by atoms with van der Waals surface area (Å²) in [6.07, 6.45) is 2.34. The monoisotopic (exact) mass is 497 g/mol. The van der Waals surface area contributed by atoms with Gasteiger partial charge in [-0.05, 0) is 62.1 Å². The smallest absolute Gasteiger partial charge is 0.231 e. The summed E-state index contributed by atoms with van der Waals surface area (Å²) in [6.45, 7) is 6.49. The minimum atomic E-state index is 0.0243. The number of nitrogens with zero attached hydrogens (tertiary/aromatic N) is 3. The van der Waals surface area contributed by atoms with Crippen LogP contribution in [0.3, 0.4) is 0 Å². The van der Waals surface area contributed by atoms with Crippen molar-refractivity contribution in [1.29, 1.82) is 0 Å². The van der Waals surface area contributed by atoms with E-state index >= 15 is 0 Å². The maximum Gasteiger partial charge on any atom is 0.231 e. The molecule has 4 aromatic rings. The largest absolute Gasteiger partial charge is 0.493 e. The number of amides is 1. The highest BCUT2D eigenvalue weighted by atomic mass is 16.7. The van der Waals surface area contributed by atoms with E-state index in [0.29, 0.717) is 25.3 Å². The average Bonchev–Trinajstić information content (AvgIpc) is 3.61. The third kappa shape index (κ3) is 4.50. The van der Waals surface area contributed by atoms with Crippen LogP contribution >= 0.6 is 0 Å². The number of imidazole rings is 1. The second kappa shape index (κ2) is 9.81. The number of ether oxygens (including phenoxy) is 3. The highest BCUT2D eigenvalue weighted by Gasteiger charge is 2.35. The molecule has 1 saturated heterocycles. The van der Waals surface area contributed by atoms with E-state index in [1.54, 1.807) is 0 Å². The van der Waals surface area contributed by atoms with Crippen LogP contribution in [0.25, 0.3) is 11.0 Å². The Morgan fingerprint density at radius 1 is 0.973 bits per heavy atom. The zero-order chi connectivity index (χ0) is 25.4. The molecule has 0 spiro atoms. The molecule has 1 fully saturated rings. The number of carbonyl (C=O) groups excluding carboxylic acids is 1. The molecule has 2 aliphatic heterocycles. The lowest BCUT2D eigenvalue weighted by molar-refractivity contribution is -0.117. The molecule has 37 heavy (non-hydrogen) atoms. The van der Waals surface area contributed by atoms with Crippen LogP contribution in [-0.2, 0) is 11.3 Å². The van der Waals surface area contributed by atoms with Crippen molar-refractivity contribution in [2.45, 2.75) is 45.6 Å². The molecule has 0 saturated carbocycles. The molecule has 1 amide bonds. The molecule has 3 heterocycles. The summed E-state index contributed by atoms with van der Waals surface area (Å²) in [7, 11) is 0. The first kappa shape index (κ1) is 23.4. The average molecular weight is 498 g/mol. The summed E-state index contributed by atoms with van der Waals surface area (Å²) >= 11 is 0. The number of aromatic nitrogens is 2. The third-order valence-electron chi connectivity index (χ3n) is 7.27. The Morgan fingerprint density at radius 2 is 1.78 bits per heavy atom. The molecule has 6 rings (SSSR count). The van der Waals surface area contributed by atoms with Gasteiger partial charge in [0, 0.05) is 37.2 Å². The van der Waals surface area contributed by atoms with Gasteiger partial charge in [-0.15, -0.1) is 0 Å². The zero-order valence-corrected chi connectivity index (χ0v) is 21.3. The first-order valence-corrected chi connectivity index (χ1v) is 12.9. The van der Waals surface area contributed by atoms with Gasteiger partial charge in [-0.3, -0.25) is 4.79 Å². The van der Waals surface area contributed by atoms with Crippen LogP contribution in [0.2, 0.25) is 0 Å². The van der Waals surface area contributed by atoms with Crippen molar-refractivity contribution in [3.63, 3.8) is 0 Å². The minimum absolute atomic E-state index is 0.0243. The summed E-state index contributed by atoms with van der Waals surface area (Å²) in [4.78, 5) is 19.9. The predicted molar refractivity (Wildman–Crippen MR) is 143 cm³/mol. The van der Waals surface area contributed by atoms with Crippen molar-refractivity contribution >= 4 is 22.6 Å². The number of hydrogen-bond acceptors (Lipinski definition) is 5. The Labute approximate surface area is 216 Å². The summed E-state index contributed by atoms with van der Waals surface area (Å²) in [6, 6.07) is 20.1. The molecule has 7 nitrogen and oxygen atoms in total. The number of carbonyl (C=O) groups is 1. The van der Waals surface area contributed by atoms with E-state index in [9.17, 15) is 4.79 Å². The van der Waals surface area contributed by atoms with Gasteiger partial charge in [0.25, 0.3) is 0 Å². The van der Waals surface area contributed by atoms with Gasteiger partial charge in [0.1, 0.15) is 11.6 Å². The topological polar surface area (TPSA) is 65.8 Å². The first-order chi connectivity index (χ1) is 18.1. The van der Waals surface area contributed by atoms with E-state index in [1.807, 2.05) is 41.3 Å². The molecule has 190 valence electrons. The molecule has 3 aromatic carbocycles. The van der Waals surface area contributed by atoms with Crippen LogP contribution in [0.1, 0.15) is 42.1 Å². The van der Waals surface area contributed by atoms with Crippen molar-refractivity contribution in [3.8, 4) is 17.2 Å². The van der Waals surface area contributed by atoms with E-state index in [0.717, 1.165) is 53.4 Å². The van der Waals surface area contributed by atoms with E-state index < -0.39 is 0 Å². The van der Waals surface area contributed by atoms with Gasteiger partial charge in [0.15, 0.2) is 11.5 Å². The standard InChI is InChI=1S/C30H31N3O4/c1-20-8-7-9-21(2)29(20)35-15-6-5-14-32-25-11-4-3-10-24(25)31-30(32)22-16-28(34)33(18-22)23-12-13-26-27(17-23)37-19-36-26/h3-4,7-13,17,22H,5-6,14-16,18-19H2,1-2H3. The van der Waals surface area contributed by atoms with E-state index in [4.69, 9.17) is 19.2 Å². The predicted octanol–water partition coefficient (Wildman–Crippen LogP) is 5.76. The van der Waals surface area contributed by atoms with Crippen LogP contribution in [-0.4, -0.2) is 35.4 Å². The number of para-hydroxylation sites is 3. The van der Waals surface area contributed by atoms with Gasteiger partial charge < -0.3 is 23.7 Å². The summed E-state index contributed by atoms with van der Waals surface area (Å²) in [5, 5.41) is 0. The fourth-order valence-electron chi connectivity index (χ4n) is 5.40. The lowest BCUT2D eigenvalue weighted by Gasteiger charge is -2.18. The molecule has 0 radical (unpaired) electrons. The van der Waals surface area contributed by atoms with E-state index in [1.165, 1.54) is 11.1 Å². The van der Waals surface area contributed by atoms with Crippen LogP contribution in [0, 0.1) is 13.8 Å². The van der Waals surface area contributed by atoms with Gasteiger partial charge >= 0.3 is 0 Å². The van der Waals surface area contributed by atoms with Crippen molar-refractivity contribution < 1.29 is 19.0 Å². The van der Waals surface area contributed by atoms with Gasteiger partial charge in [0.2, 0.25) is 12.7 Å². The second-order valence-electron chi connectivity index (χ2n) is 9.83. The van der Waals surface area contributed by atoms with Crippen molar-refractivity contribution in [1.82, 2.24) is 9.55 Å². The first-order valence-electron chi connectivity index (χ1n) is 12.9. The Bertz CT molecular complexity index is 1440. The molecule has 0 bridgehead atoms. The molecule has 1 aromatic heterocycles. The van der Waals surface area contributed by atoms with E-state index in [2.05, 4.69) is 42.7 Å². The number of anilines is 1. The lowest BCUT2D eigenvalue weighted by atomic mass is 10.1. The Balaban J connectivity index is 1.17. The summed E-state index contributed by atoms with van der Waals surface area (Å²) < 4.78 is 19.4. The van der Waals surface area contributed by atoms with Crippen LogP contribution in [0.5, 0.6) is 17.2 Å². The summed E-state index contributed by atoms with van der Waals surface area (Å²) in [5.41, 5.74) is 5.25. The molecule has 1 unspecified atom stereocenters. The van der Waals surface area contributed by atoms with Gasteiger partial charge in [-0.1, -0.05) is 30.3 Å². The number of rotatable bonds is 8. The van der Waals surface area contributed by atoms with Crippen molar-refractivity contribution in [2.24, 2.45) is 0 Å². The Kier molecular flexibility index (Phi) is 6.20. The van der Waals surface area contributed by atoms with Crippen LogP contribution < -0.4 is 19.1 Å². The maximum atomic E-state index is 13.1. The highest BCUT2D eigenvalue weighted by molar-refractivity contribution is 5.97. The lowest BCUT2D eigenvalue weighted by Crippen LogP contribution is -2.24. The Morgan fingerprint density at radius 3 is 2.65 bits per heavy atom. The molecule has 1 atom stereocenters. The molecular weight excluding hydrogens is 466 g/mol. The molecule has 0 aliphatic carbocycles. The molecule has 7 heteroatoms. The second-order valence-corrected chi connectivity index (χ2v) is 9.83. The zero-order valence-electron chi connectivity index (χ0n) is 21.3. The van der Waals surface area contributed by atoms with Crippen molar-refractivity contribution in [2.75, 3.05) is 24.8 Å². The van der Waals surface area contributed by atoms with Crippen molar-refractivity contribution in [3.05, 3.63) is 77.6 Å². The number of hydrogen-bond donors (Lipinski definition) is 0. The summed E-state index contributed by atoms with van der Waals surface area (Å²) in [5.74, 6) is 3.50. The Hall–Kier alpha value is -4.00. The van der Waals surface area contributed by atoms with E-state index in [-0.39, 0.29) is 18.6 Å². The number of aryl methyl sites for hydroxylation is 3. The van der Waals surface area contributed by atoms with Crippen LogP contribution in [0.4, 0.5) is 5.69 Å². The fourth-order valence-corrected chi connectivity index (χ4v) is 5.40. The quantitative estimate of drug-likeness (QED) is 0.290.